The zero-order valence-corrected chi connectivity index (χ0v) is 8.27. The molecule has 0 N–H and O–H groups in total. The van der Waals surface area contributed by atoms with Gasteiger partial charge in [0.25, 0.3) is 0 Å². The first kappa shape index (κ1) is 11.5. The minimum Gasteiger partial charge on any atom is -0.496 e. The molecule has 72 valence electrons. The molecule has 0 aliphatic rings. The van der Waals surface area contributed by atoms with Crippen LogP contribution in [0.1, 0.15) is 32.6 Å². The molecule has 0 aliphatic heterocycles. The molecule has 0 radical (unpaired) electrons. The van der Waals surface area contributed by atoms with Crippen LogP contribution >= 0.6 is 0 Å². The second kappa shape index (κ2) is 8.60. The molecular formula is C10H20O2. The first-order valence-electron chi connectivity index (χ1n) is 4.60. The van der Waals surface area contributed by atoms with Crippen LogP contribution in [0.2, 0.25) is 0 Å². The van der Waals surface area contributed by atoms with Crippen molar-refractivity contribution in [1.82, 2.24) is 0 Å². The largest absolute Gasteiger partial charge is 0.496 e. The van der Waals surface area contributed by atoms with Crippen molar-refractivity contribution in [3.63, 3.8) is 0 Å². The van der Waals surface area contributed by atoms with E-state index >= 15 is 0 Å². The molecule has 0 aromatic rings. The number of unbranched alkanes of at least 4 members (excludes halogenated alkanes) is 3. The number of hydrogen-bond acceptors (Lipinski definition) is 2. The van der Waals surface area contributed by atoms with Crippen LogP contribution in [-0.2, 0) is 9.47 Å². The highest BCUT2D eigenvalue weighted by atomic mass is 16.5. The molecule has 0 unspecified atom stereocenters. The van der Waals surface area contributed by atoms with Gasteiger partial charge in [-0.3, -0.25) is 0 Å². The molecule has 0 atom stereocenters. The molecule has 0 bridgehead atoms. The second-order valence-corrected chi connectivity index (χ2v) is 2.88. The van der Waals surface area contributed by atoms with Crippen LogP contribution in [-0.4, -0.2) is 20.3 Å². The second-order valence-electron chi connectivity index (χ2n) is 2.88. The minimum atomic E-state index is 0.508. The summed E-state index contributed by atoms with van der Waals surface area (Å²) in [5.74, 6) is 0.731. The summed E-state index contributed by atoms with van der Waals surface area (Å²) < 4.78 is 10.2. The van der Waals surface area contributed by atoms with E-state index in [2.05, 4.69) is 13.5 Å². The lowest BCUT2D eigenvalue weighted by Gasteiger charge is -2.07. The highest BCUT2D eigenvalue weighted by Crippen LogP contribution is 2.01. The van der Waals surface area contributed by atoms with Crippen molar-refractivity contribution in [1.29, 1.82) is 0 Å². The quantitative estimate of drug-likeness (QED) is 0.414. The maximum Gasteiger partial charge on any atom is 0.114 e. The Kier molecular flexibility index (Phi) is 8.24. The van der Waals surface area contributed by atoms with Crippen LogP contribution in [0.15, 0.2) is 12.3 Å². The van der Waals surface area contributed by atoms with E-state index in [4.69, 9.17) is 9.47 Å². The molecule has 0 aromatic heterocycles. The zero-order chi connectivity index (χ0) is 9.23. The monoisotopic (exact) mass is 172 g/mol. The zero-order valence-electron chi connectivity index (χ0n) is 8.27. The summed E-state index contributed by atoms with van der Waals surface area (Å²) in [5.41, 5.74) is 0. The summed E-state index contributed by atoms with van der Waals surface area (Å²) >= 11 is 0. The van der Waals surface area contributed by atoms with Crippen LogP contribution in [0, 0.1) is 0 Å². The SMILES string of the molecule is C=C(COC)OCCCCCC. The Morgan fingerprint density at radius 2 is 2.00 bits per heavy atom. The highest BCUT2D eigenvalue weighted by Gasteiger charge is 1.93. The molecule has 0 fully saturated rings. The van der Waals surface area contributed by atoms with Crippen LogP contribution in [0.3, 0.4) is 0 Å². The van der Waals surface area contributed by atoms with Gasteiger partial charge in [-0.1, -0.05) is 32.8 Å². The van der Waals surface area contributed by atoms with Crippen LogP contribution in [0.5, 0.6) is 0 Å². The van der Waals surface area contributed by atoms with Crippen molar-refractivity contribution in [2.75, 3.05) is 20.3 Å². The first-order valence-corrected chi connectivity index (χ1v) is 4.60. The average molecular weight is 172 g/mol. The van der Waals surface area contributed by atoms with E-state index in [1.54, 1.807) is 7.11 Å². The number of hydrogen-bond donors (Lipinski definition) is 0. The molecule has 2 nitrogen and oxygen atoms in total. The van der Waals surface area contributed by atoms with Gasteiger partial charge in [0.15, 0.2) is 0 Å². The third-order valence-electron chi connectivity index (χ3n) is 1.61. The highest BCUT2D eigenvalue weighted by molar-refractivity contribution is 4.81. The fourth-order valence-corrected chi connectivity index (χ4v) is 0.948. The molecule has 0 rings (SSSR count). The summed E-state index contributed by atoms with van der Waals surface area (Å²) in [6, 6.07) is 0. The maximum absolute atomic E-state index is 5.31. The van der Waals surface area contributed by atoms with E-state index in [0.29, 0.717) is 6.61 Å². The third-order valence-corrected chi connectivity index (χ3v) is 1.61. The maximum atomic E-state index is 5.31. The lowest BCUT2D eigenvalue weighted by Crippen LogP contribution is -1.99. The smallest absolute Gasteiger partial charge is 0.114 e. The third kappa shape index (κ3) is 7.61. The summed E-state index contributed by atoms with van der Waals surface area (Å²) in [4.78, 5) is 0. The summed E-state index contributed by atoms with van der Waals surface area (Å²) in [7, 11) is 1.64. The summed E-state index contributed by atoms with van der Waals surface area (Å²) in [6.07, 6.45) is 4.92. The molecule has 12 heavy (non-hydrogen) atoms. The van der Waals surface area contributed by atoms with Crippen molar-refractivity contribution in [2.45, 2.75) is 32.6 Å². The lowest BCUT2D eigenvalue weighted by atomic mass is 10.2. The Morgan fingerprint density at radius 3 is 2.58 bits per heavy atom. The van der Waals surface area contributed by atoms with E-state index in [9.17, 15) is 0 Å². The summed E-state index contributed by atoms with van der Waals surface area (Å²) in [6.45, 7) is 7.20. The van der Waals surface area contributed by atoms with E-state index < -0.39 is 0 Å². The Labute approximate surface area is 75.6 Å². The standard InChI is InChI=1S/C10H20O2/c1-4-5-6-7-8-12-10(2)9-11-3/h2,4-9H2,1,3H3. The molecule has 0 aromatic carbocycles. The summed E-state index contributed by atoms with van der Waals surface area (Å²) in [5, 5.41) is 0. The minimum absolute atomic E-state index is 0.508. The fraction of sp³-hybridized carbons (Fsp3) is 0.800. The molecule has 2 heteroatoms. The Hall–Kier alpha value is -0.500. The Bertz CT molecular complexity index is 110. The van der Waals surface area contributed by atoms with Gasteiger partial charge in [-0.05, 0) is 6.42 Å². The van der Waals surface area contributed by atoms with Gasteiger partial charge in [0.1, 0.15) is 12.4 Å². The molecule has 0 amide bonds. The molecule has 0 heterocycles. The van der Waals surface area contributed by atoms with Crippen LogP contribution in [0.4, 0.5) is 0 Å². The van der Waals surface area contributed by atoms with Gasteiger partial charge < -0.3 is 9.47 Å². The number of ether oxygens (including phenoxy) is 2. The Morgan fingerprint density at radius 1 is 1.25 bits per heavy atom. The van der Waals surface area contributed by atoms with Gasteiger partial charge in [-0.15, -0.1) is 0 Å². The first-order chi connectivity index (χ1) is 5.81. The van der Waals surface area contributed by atoms with E-state index in [1.807, 2.05) is 0 Å². The van der Waals surface area contributed by atoms with E-state index in [0.717, 1.165) is 18.8 Å². The Balaban J connectivity index is 3.03. The molecular weight excluding hydrogens is 152 g/mol. The lowest BCUT2D eigenvalue weighted by molar-refractivity contribution is 0.130. The number of rotatable bonds is 8. The fourth-order valence-electron chi connectivity index (χ4n) is 0.948. The normalized spacial score (nSPS) is 9.83. The molecule has 0 spiro atoms. The van der Waals surface area contributed by atoms with Crippen molar-refractivity contribution in [3.8, 4) is 0 Å². The van der Waals surface area contributed by atoms with Gasteiger partial charge in [-0.2, -0.15) is 0 Å². The topological polar surface area (TPSA) is 18.5 Å². The van der Waals surface area contributed by atoms with Crippen molar-refractivity contribution in [2.24, 2.45) is 0 Å². The average Bonchev–Trinajstić information content (AvgIpc) is 2.05. The molecule has 0 saturated carbocycles. The van der Waals surface area contributed by atoms with Gasteiger partial charge in [-0.25, -0.2) is 0 Å². The van der Waals surface area contributed by atoms with Gasteiger partial charge in [0.05, 0.1) is 6.61 Å². The molecule has 0 aliphatic carbocycles. The van der Waals surface area contributed by atoms with Gasteiger partial charge in [0, 0.05) is 7.11 Å². The predicted octanol–water partition coefficient (Wildman–Crippen LogP) is 2.74. The van der Waals surface area contributed by atoms with Crippen molar-refractivity contribution < 1.29 is 9.47 Å². The van der Waals surface area contributed by atoms with Crippen molar-refractivity contribution >= 4 is 0 Å². The van der Waals surface area contributed by atoms with Gasteiger partial charge >= 0.3 is 0 Å². The molecule has 0 saturated heterocycles. The predicted molar refractivity (Wildman–Crippen MR) is 51.1 cm³/mol. The van der Waals surface area contributed by atoms with E-state index in [1.165, 1.54) is 19.3 Å². The van der Waals surface area contributed by atoms with Crippen LogP contribution in [0.25, 0.3) is 0 Å². The van der Waals surface area contributed by atoms with Crippen molar-refractivity contribution in [3.05, 3.63) is 12.3 Å². The number of methoxy groups -OCH3 is 1. The van der Waals surface area contributed by atoms with Gasteiger partial charge in [0.2, 0.25) is 0 Å². The van der Waals surface area contributed by atoms with E-state index in [-0.39, 0.29) is 0 Å². The van der Waals surface area contributed by atoms with Crippen LogP contribution < -0.4 is 0 Å².